The molecule has 2 rings (SSSR count). The van der Waals surface area contributed by atoms with Gasteiger partial charge in [0.05, 0.1) is 0 Å². The molecule has 0 aromatic carbocycles. The van der Waals surface area contributed by atoms with Crippen LogP contribution < -0.4 is 0 Å². The molecule has 0 aliphatic heterocycles. The van der Waals surface area contributed by atoms with Crippen molar-refractivity contribution in [2.24, 2.45) is 16.8 Å². The number of fused-ring (bicyclic) bond motifs is 1. The molecule has 0 heterocycles. The molecule has 2 aliphatic carbocycles. The first-order valence-electron chi connectivity index (χ1n) is 4.87. The first kappa shape index (κ1) is 7.33. The zero-order valence-corrected chi connectivity index (χ0v) is 7.34. The average molecular weight is 151 g/mol. The van der Waals surface area contributed by atoms with Crippen molar-refractivity contribution in [3.8, 4) is 0 Å². The maximum atomic E-state index is 4.41. The van der Waals surface area contributed by atoms with Gasteiger partial charge >= 0.3 is 0 Å². The van der Waals surface area contributed by atoms with E-state index in [2.05, 4.69) is 4.99 Å². The SMILES string of the molecule is CN=C1CCCC2CCCC12. The van der Waals surface area contributed by atoms with Gasteiger partial charge in [-0.1, -0.05) is 6.42 Å². The lowest BCUT2D eigenvalue weighted by Crippen LogP contribution is -2.23. The summed E-state index contributed by atoms with van der Waals surface area (Å²) in [6.45, 7) is 0. The quantitative estimate of drug-likeness (QED) is 0.504. The van der Waals surface area contributed by atoms with Gasteiger partial charge in [0.15, 0.2) is 0 Å². The minimum atomic E-state index is 0.897. The van der Waals surface area contributed by atoms with Crippen molar-refractivity contribution >= 4 is 5.71 Å². The Morgan fingerprint density at radius 3 is 2.82 bits per heavy atom. The summed E-state index contributed by atoms with van der Waals surface area (Å²) >= 11 is 0. The lowest BCUT2D eigenvalue weighted by Gasteiger charge is -2.26. The van der Waals surface area contributed by atoms with E-state index in [0.717, 1.165) is 11.8 Å². The van der Waals surface area contributed by atoms with Gasteiger partial charge in [0.25, 0.3) is 0 Å². The molecule has 0 aromatic rings. The van der Waals surface area contributed by atoms with Gasteiger partial charge < -0.3 is 0 Å². The monoisotopic (exact) mass is 151 g/mol. The average Bonchev–Trinajstić information content (AvgIpc) is 2.50. The van der Waals surface area contributed by atoms with Gasteiger partial charge in [-0.25, -0.2) is 0 Å². The number of rotatable bonds is 0. The van der Waals surface area contributed by atoms with E-state index in [4.69, 9.17) is 0 Å². The zero-order chi connectivity index (χ0) is 7.68. The summed E-state index contributed by atoms with van der Waals surface area (Å²) in [7, 11) is 1.97. The second-order valence-corrected chi connectivity index (χ2v) is 3.90. The van der Waals surface area contributed by atoms with Crippen LogP contribution in [-0.4, -0.2) is 12.8 Å². The van der Waals surface area contributed by atoms with E-state index in [1.165, 1.54) is 44.2 Å². The Kier molecular flexibility index (Phi) is 1.97. The molecule has 0 spiro atoms. The van der Waals surface area contributed by atoms with Crippen LogP contribution in [0.3, 0.4) is 0 Å². The standard InChI is InChI=1S/C10H17N/c1-11-10-7-3-5-8-4-2-6-9(8)10/h8-9H,2-7H2,1H3. The molecule has 2 unspecified atom stereocenters. The minimum absolute atomic E-state index is 0.897. The fraction of sp³-hybridized carbons (Fsp3) is 0.900. The van der Waals surface area contributed by atoms with Crippen LogP contribution in [0.4, 0.5) is 0 Å². The van der Waals surface area contributed by atoms with E-state index in [0.29, 0.717) is 0 Å². The topological polar surface area (TPSA) is 12.4 Å². The fourth-order valence-corrected chi connectivity index (χ4v) is 2.83. The number of nitrogens with zero attached hydrogens (tertiary/aromatic N) is 1. The summed E-state index contributed by atoms with van der Waals surface area (Å²) in [6, 6.07) is 0. The lowest BCUT2D eigenvalue weighted by molar-refractivity contribution is 0.401. The maximum absolute atomic E-state index is 4.41. The molecular formula is C10H17N. The van der Waals surface area contributed by atoms with Gasteiger partial charge in [-0.2, -0.15) is 0 Å². The number of hydrogen-bond acceptors (Lipinski definition) is 1. The number of hydrogen-bond donors (Lipinski definition) is 0. The summed E-state index contributed by atoms with van der Waals surface area (Å²) in [4.78, 5) is 4.41. The molecule has 62 valence electrons. The molecule has 2 saturated carbocycles. The van der Waals surface area contributed by atoms with E-state index in [-0.39, 0.29) is 0 Å². The van der Waals surface area contributed by atoms with Crippen LogP contribution in [0.2, 0.25) is 0 Å². The van der Waals surface area contributed by atoms with Gasteiger partial charge in [0.1, 0.15) is 0 Å². The lowest BCUT2D eigenvalue weighted by atomic mass is 9.80. The Morgan fingerprint density at radius 1 is 1.18 bits per heavy atom. The minimum Gasteiger partial charge on any atom is -0.297 e. The molecule has 0 aromatic heterocycles. The fourth-order valence-electron chi connectivity index (χ4n) is 2.83. The maximum Gasteiger partial charge on any atom is 0.0276 e. The van der Waals surface area contributed by atoms with E-state index < -0.39 is 0 Å². The molecule has 2 atom stereocenters. The molecule has 0 radical (unpaired) electrons. The summed E-state index contributed by atoms with van der Waals surface area (Å²) in [5.74, 6) is 1.91. The van der Waals surface area contributed by atoms with Crippen molar-refractivity contribution in [3.05, 3.63) is 0 Å². The third-order valence-corrected chi connectivity index (χ3v) is 3.38. The predicted octanol–water partition coefficient (Wildman–Crippen LogP) is 2.66. The van der Waals surface area contributed by atoms with Crippen molar-refractivity contribution in [3.63, 3.8) is 0 Å². The Balaban J connectivity index is 2.12. The van der Waals surface area contributed by atoms with Crippen LogP contribution in [0.25, 0.3) is 0 Å². The van der Waals surface area contributed by atoms with Crippen molar-refractivity contribution in [1.82, 2.24) is 0 Å². The summed E-state index contributed by atoms with van der Waals surface area (Å²) in [6.07, 6.45) is 8.52. The van der Waals surface area contributed by atoms with E-state index >= 15 is 0 Å². The molecule has 2 fully saturated rings. The molecule has 2 aliphatic rings. The molecule has 0 bridgehead atoms. The summed E-state index contributed by atoms with van der Waals surface area (Å²) in [5, 5.41) is 0. The molecule has 1 heteroatoms. The predicted molar refractivity (Wildman–Crippen MR) is 48.0 cm³/mol. The van der Waals surface area contributed by atoms with Gasteiger partial charge in [0, 0.05) is 12.8 Å². The van der Waals surface area contributed by atoms with Gasteiger partial charge in [0.2, 0.25) is 0 Å². The van der Waals surface area contributed by atoms with Crippen LogP contribution >= 0.6 is 0 Å². The van der Waals surface area contributed by atoms with Crippen molar-refractivity contribution in [1.29, 1.82) is 0 Å². The smallest absolute Gasteiger partial charge is 0.0276 e. The number of aliphatic imine (C=N–C) groups is 1. The van der Waals surface area contributed by atoms with Gasteiger partial charge in [-0.05, 0) is 43.9 Å². The molecule has 11 heavy (non-hydrogen) atoms. The Bertz CT molecular complexity index is 172. The highest BCUT2D eigenvalue weighted by Gasteiger charge is 2.33. The van der Waals surface area contributed by atoms with E-state index in [1.807, 2.05) is 7.05 Å². The van der Waals surface area contributed by atoms with Crippen molar-refractivity contribution in [2.75, 3.05) is 7.05 Å². The third kappa shape index (κ3) is 1.21. The molecule has 0 amide bonds. The van der Waals surface area contributed by atoms with Crippen LogP contribution in [0.1, 0.15) is 38.5 Å². The first-order valence-corrected chi connectivity index (χ1v) is 4.87. The van der Waals surface area contributed by atoms with E-state index in [1.54, 1.807) is 0 Å². The van der Waals surface area contributed by atoms with Crippen LogP contribution in [-0.2, 0) is 0 Å². The zero-order valence-electron chi connectivity index (χ0n) is 7.34. The Hall–Kier alpha value is -0.330. The summed E-state index contributed by atoms with van der Waals surface area (Å²) in [5.41, 5.74) is 1.53. The van der Waals surface area contributed by atoms with Crippen molar-refractivity contribution < 1.29 is 0 Å². The van der Waals surface area contributed by atoms with Crippen molar-refractivity contribution in [2.45, 2.75) is 38.5 Å². The third-order valence-electron chi connectivity index (χ3n) is 3.38. The summed E-state index contributed by atoms with van der Waals surface area (Å²) < 4.78 is 0. The normalized spacial score (nSPS) is 41.0. The second kappa shape index (κ2) is 2.96. The largest absolute Gasteiger partial charge is 0.297 e. The van der Waals surface area contributed by atoms with Gasteiger partial charge in [-0.3, -0.25) is 4.99 Å². The molecule has 0 N–H and O–H groups in total. The first-order chi connectivity index (χ1) is 5.42. The van der Waals surface area contributed by atoms with Crippen LogP contribution in [0.5, 0.6) is 0 Å². The Morgan fingerprint density at radius 2 is 2.00 bits per heavy atom. The van der Waals surface area contributed by atoms with Crippen LogP contribution in [0, 0.1) is 11.8 Å². The molecule has 0 saturated heterocycles. The highest BCUT2D eigenvalue weighted by Crippen LogP contribution is 2.40. The highest BCUT2D eigenvalue weighted by atomic mass is 14.7. The highest BCUT2D eigenvalue weighted by molar-refractivity contribution is 5.87. The van der Waals surface area contributed by atoms with Crippen LogP contribution in [0.15, 0.2) is 4.99 Å². The molecular weight excluding hydrogens is 134 g/mol. The Labute approximate surface area is 68.9 Å². The second-order valence-electron chi connectivity index (χ2n) is 3.90. The van der Waals surface area contributed by atoms with E-state index in [9.17, 15) is 0 Å². The van der Waals surface area contributed by atoms with Gasteiger partial charge in [-0.15, -0.1) is 0 Å². The molecule has 1 nitrogen and oxygen atoms in total.